The Hall–Kier alpha value is -2.14. The van der Waals surface area contributed by atoms with Crippen LogP contribution in [0.3, 0.4) is 0 Å². The number of nitrogens with zero attached hydrogens (tertiary/aromatic N) is 1. The zero-order valence-corrected chi connectivity index (χ0v) is 17.6. The normalized spacial score (nSPS) is 24.2. The van der Waals surface area contributed by atoms with E-state index < -0.39 is 0 Å². The third-order valence-electron chi connectivity index (χ3n) is 6.42. The molecule has 5 nitrogen and oxygen atoms in total. The first-order chi connectivity index (χ1) is 13.1. The number of carbonyl (C=O) groups excluding carboxylic acids is 2. The van der Waals surface area contributed by atoms with Crippen LogP contribution in [-0.4, -0.2) is 47.8 Å². The third kappa shape index (κ3) is 3.16. The quantitative estimate of drug-likeness (QED) is 0.830. The number of rotatable bonds is 2. The van der Waals surface area contributed by atoms with Crippen molar-refractivity contribution in [2.24, 2.45) is 5.41 Å². The van der Waals surface area contributed by atoms with Crippen LogP contribution in [0.5, 0.6) is 0 Å². The van der Waals surface area contributed by atoms with Crippen molar-refractivity contribution in [3.05, 3.63) is 35.0 Å². The molecule has 1 amide bonds. The lowest BCUT2D eigenvalue weighted by molar-refractivity contribution is 0.0759. The Labute approximate surface area is 166 Å². The zero-order valence-electron chi connectivity index (χ0n) is 17.6. The number of hydrogen-bond donors (Lipinski definition) is 2. The molecule has 1 atom stereocenters. The Morgan fingerprint density at radius 1 is 1.21 bits per heavy atom. The van der Waals surface area contributed by atoms with Gasteiger partial charge in [-0.15, -0.1) is 0 Å². The first-order valence-electron chi connectivity index (χ1n) is 10.3. The van der Waals surface area contributed by atoms with E-state index in [1.807, 2.05) is 32.0 Å². The van der Waals surface area contributed by atoms with E-state index in [9.17, 15) is 9.59 Å². The summed E-state index contributed by atoms with van der Waals surface area (Å²) in [7, 11) is 2.09. The average Bonchev–Trinajstić information content (AvgIpc) is 2.98. The number of hydrogen-bond acceptors (Lipinski definition) is 3. The summed E-state index contributed by atoms with van der Waals surface area (Å²) >= 11 is 0. The van der Waals surface area contributed by atoms with Crippen LogP contribution in [0.2, 0.25) is 0 Å². The van der Waals surface area contributed by atoms with Gasteiger partial charge in [0, 0.05) is 34.5 Å². The Balaban J connectivity index is 1.70. The van der Waals surface area contributed by atoms with Gasteiger partial charge < -0.3 is 15.2 Å². The minimum Gasteiger partial charge on any atom is -0.352 e. The van der Waals surface area contributed by atoms with Crippen LogP contribution in [0.15, 0.2) is 18.2 Å². The van der Waals surface area contributed by atoms with E-state index in [1.54, 1.807) is 0 Å². The largest absolute Gasteiger partial charge is 0.352 e. The molecule has 1 aromatic heterocycles. The minimum absolute atomic E-state index is 0.0302. The van der Waals surface area contributed by atoms with Crippen molar-refractivity contribution in [3.63, 3.8) is 0 Å². The number of Topliss-reactive ketones (excluding diaryl/α,β-unsaturated/α-hetero) is 1. The van der Waals surface area contributed by atoms with Crippen molar-refractivity contribution in [2.45, 2.75) is 58.4 Å². The molecule has 0 radical (unpaired) electrons. The van der Waals surface area contributed by atoms with Crippen molar-refractivity contribution >= 4 is 22.6 Å². The molecule has 2 heterocycles. The van der Waals surface area contributed by atoms with E-state index in [0.717, 1.165) is 48.8 Å². The molecule has 1 unspecified atom stereocenters. The van der Waals surface area contributed by atoms with Crippen LogP contribution in [0, 0.1) is 5.41 Å². The minimum atomic E-state index is -0.384. The number of carbonyl (C=O) groups is 2. The molecule has 1 fully saturated rings. The maximum absolute atomic E-state index is 13.0. The second-order valence-electron chi connectivity index (χ2n) is 9.98. The van der Waals surface area contributed by atoms with Gasteiger partial charge in [0.15, 0.2) is 5.78 Å². The number of likely N-dealkylation sites (N-methyl/N-ethyl adjacent to an activating group) is 1. The SMILES string of the molecule is CN1CCCC(NC(=O)c2ccc3[nH]c4c(c3c2)C(C)(C)CC(C)(C)C4=O)C1. The topological polar surface area (TPSA) is 65.2 Å². The van der Waals surface area contributed by atoms with Gasteiger partial charge in [-0.05, 0) is 62.0 Å². The fourth-order valence-corrected chi connectivity index (χ4v) is 5.37. The van der Waals surface area contributed by atoms with Gasteiger partial charge in [-0.3, -0.25) is 9.59 Å². The lowest BCUT2D eigenvalue weighted by atomic mass is 9.63. The van der Waals surface area contributed by atoms with E-state index in [1.165, 1.54) is 0 Å². The second kappa shape index (κ2) is 6.45. The number of ketones is 1. The highest BCUT2D eigenvalue weighted by Crippen LogP contribution is 2.48. The molecule has 28 heavy (non-hydrogen) atoms. The molecule has 1 saturated heterocycles. The number of aromatic amines is 1. The fraction of sp³-hybridized carbons (Fsp3) is 0.565. The molecule has 1 aromatic carbocycles. The number of benzene rings is 1. The number of amides is 1. The van der Waals surface area contributed by atoms with Crippen LogP contribution in [0.4, 0.5) is 0 Å². The smallest absolute Gasteiger partial charge is 0.251 e. The summed E-state index contributed by atoms with van der Waals surface area (Å²) in [5, 5.41) is 4.18. The molecule has 0 bridgehead atoms. The van der Waals surface area contributed by atoms with Crippen LogP contribution >= 0.6 is 0 Å². The lowest BCUT2D eigenvalue weighted by Gasteiger charge is -2.39. The monoisotopic (exact) mass is 381 g/mol. The number of aromatic nitrogens is 1. The molecule has 2 N–H and O–H groups in total. The van der Waals surface area contributed by atoms with Crippen LogP contribution in [0.1, 0.15) is 73.4 Å². The van der Waals surface area contributed by atoms with Gasteiger partial charge in [0.1, 0.15) is 0 Å². The van der Waals surface area contributed by atoms with Gasteiger partial charge in [0.25, 0.3) is 5.91 Å². The third-order valence-corrected chi connectivity index (χ3v) is 6.42. The number of likely N-dealkylation sites (tertiary alicyclic amines) is 1. The maximum atomic E-state index is 13.0. The van der Waals surface area contributed by atoms with E-state index in [4.69, 9.17) is 0 Å². The number of fused-ring (bicyclic) bond motifs is 3. The molecule has 2 aromatic rings. The highest BCUT2D eigenvalue weighted by Gasteiger charge is 2.45. The van der Waals surface area contributed by atoms with Crippen molar-refractivity contribution in [1.82, 2.24) is 15.2 Å². The molecular weight excluding hydrogens is 350 g/mol. The predicted octanol–water partition coefficient (Wildman–Crippen LogP) is 3.88. The van der Waals surface area contributed by atoms with Crippen LogP contribution < -0.4 is 5.32 Å². The van der Waals surface area contributed by atoms with E-state index in [2.05, 4.69) is 36.1 Å². The number of H-pyrrole nitrogens is 1. The summed E-state index contributed by atoms with van der Waals surface area (Å²) in [6.45, 7) is 10.4. The molecule has 5 heteroatoms. The van der Waals surface area contributed by atoms with Gasteiger partial charge in [0.05, 0.1) is 5.69 Å². The molecule has 1 aliphatic carbocycles. The highest BCUT2D eigenvalue weighted by molar-refractivity contribution is 6.08. The van der Waals surface area contributed by atoms with E-state index in [0.29, 0.717) is 11.3 Å². The van der Waals surface area contributed by atoms with Gasteiger partial charge in [0.2, 0.25) is 0 Å². The van der Waals surface area contributed by atoms with E-state index >= 15 is 0 Å². The summed E-state index contributed by atoms with van der Waals surface area (Å²) in [6, 6.07) is 5.95. The Morgan fingerprint density at radius 3 is 2.68 bits per heavy atom. The van der Waals surface area contributed by atoms with Gasteiger partial charge in [-0.2, -0.15) is 0 Å². The maximum Gasteiger partial charge on any atom is 0.251 e. The first kappa shape index (κ1) is 19.2. The summed E-state index contributed by atoms with van der Waals surface area (Å²) < 4.78 is 0. The van der Waals surface area contributed by atoms with Crippen LogP contribution in [0.25, 0.3) is 10.9 Å². The molecule has 1 aliphatic heterocycles. The van der Waals surface area contributed by atoms with Crippen molar-refractivity contribution in [1.29, 1.82) is 0 Å². The molecule has 4 rings (SSSR count). The summed E-state index contributed by atoms with van der Waals surface area (Å²) in [5.74, 6) is 0.131. The molecule has 2 aliphatic rings. The predicted molar refractivity (Wildman–Crippen MR) is 112 cm³/mol. The summed E-state index contributed by atoms with van der Waals surface area (Å²) in [4.78, 5) is 31.5. The molecular formula is C23H31N3O2. The van der Waals surface area contributed by atoms with Gasteiger partial charge >= 0.3 is 0 Å². The molecule has 0 spiro atoms. The fourth-order valence-electron chi connectivity index (χ4n) is 5.37. The number of piperidine rings is 1. The lowest BCUT2D eigenvalue weighted by Crippen LogP contribution is -2.46. The highest BCUT2D eigenvalue weighted by atomic mass is 16.1. The van der Waals surface area contributed by atoms with Crippen LogP contribution in [-0.2, 0) is 5.41 Å². The second-order valence-corrected chi connectivity index (χ2v) is 9.98. The number of nitrogens with one attached hydrogen (secondary N) is 2. The molecule has 0 saturated carbocycles. The standard InChI is InChI=1S/C23H31N3O2/c1-22(2)13-23(3,4)20(27)19-18(22)16-11-14(8-9-17(16)25-19)21(28)24-15-7-6-10-26(5)12-15/h8-9,11,15,25H,6-7,10,12-13H2,1-5H3,(H,24,28). The summed E-state index contributed by atoms with van der Waals surface area (Å²) in [6.07, 6.45) is 2.93. The van der Waals surface area contributed by atoms with E-state index in [-0.39, 0.29) is 28.6 Å². The van der Waals surface area contributed by atoms with Gasteiger partial charge in [-0.1, -0.05) is 27.7 Å². The Kier molecular flexibility index (Phi) is 4.42. The zero-order chi connectivity index (χ0) is 20.3. The average molecular weight is 382 g/mol. The Bertz CT molecular complexity index is 954. The first-order valence-corrected chi connectivity index (χ1v) is 10.3. The Morgan fingerprint density at radius 2 is 1.96 bits per heavy atom. The van der Waals surface area contributed by atoms with Crippen molar-refractivity contribution < 1.29 is 9.59 Å². The summed E-state index contributed by atoms with van der Waals surface area (Å²) in [5.41, 5.74) is 2.84. The van der Waals surface area contributed by atoms with Crippen molar-refractivity contribution in [2.75, 3.05) is 20.1 Å². The molecule has 150 valence electrons. The van der Waals surface area contributed by atoms with Crippen molar-refractivity contribution in [3.8, 4) is 0 Å². The van der Waals surface area contributed by atoms with Gasteiger partial charge in [-0.25, -0.2) is 0 Å².